The van der Waals surface area contributed by atoms with Crippen molar-refractivity contribution in [1.82, 2.24) is 14.6 Å². The first-order valence-electron chi connectivity index (χ1n) is 4.10. The van der Waals surface area contributed by atoms with Crippen molar-refractivity contribution in [3.8, 4) is 0 Å². The molecule has 3 N–H and O–H groups in total. The van der Waals surface area contributed by atoms with E-state index in [0.717, 1.165) is 4.47 Å². The predicted octanol–water partition coefficient (Wildman–Crippen LogP) is 0.484. The van der Waals surface area contributed by atoms with E-state index in [2.05, 4.69) is 26.1 Å². The quantitative estimate of drug-likeness (QED) is 0.820. The van der Waals surface area contributed by atoms with Crippen molar-refractivity contribution >= 4 is 21.6 Å². The summed E-state index contributed by atoms with van der Waals surface area (Å²) < 4.78 is 2.61. The van der Waals surface area contributed by atoms with Crippen molar-refractivity contribution < 1.29 is 5.11 Å². The van der Waals surface area contributed by atoms with Gasteiger partial charge in [0, 0.05) is 17.2 Å². The standard InChI is InChI=1S/C8H9BrN4O/c9-5-1-2-7-11-12-8(6(14)3-10)13(7)4-5/h1-2,4,6,14H,3,10H2. The fourth-order valence-electron chi connectivity index (χ4n) is 1.22. The molecule has 2 heterocycles. The molecule has 2 rings (SSSR count). The minimum absolute atomic E-state index is 0.132. The zero-order chi connectivity index (χ0) is 10.1. The molecule has 0 saturated carbocycles. The van der Waals surface area contributed by atoms with E-state index < -0.39 is 6.10 Å². The molecule has 0 radical (unpaired) electrons. The number of pyridine rings is 1. The Kier molecular flexibility index (Phi) is 2.49. The fraction of sp³-hybridized carbons (Fsp3) is 0.250. The molecule has 0 amide bonds. The second-order valence-electron chi connectivity index (χ2n) is 2.89. The molecule has 0 bridgehead atoms. The van der Waals surface area contributed by atoms with E-state index in [1.165, 1.54) is 0 Å². The lowest BCUT2D eigenvalue weighted by Gasteiger charge is -2.04. The van der Waals surface area contributed by atoms with Gasteiger partial charge in [0.2, 0.25) is 0 Å². The summed E-state index contributed by atoms with van der Waals surface area (Å²) >= 11 is 3.33. The normalized spacial score (nSPS) is 13.4. The van der Waals surface area contributed by atoms with Crippen molar-refractivity contribution in [3.63, 3.8) is 0 Å². The van der Waals surface area contributed by atoms with Gasteiger partial charge in [-0.2, -0.15) is 0 Å². The fourth-order valence-corrected chi connectivity index (χ4v) is 1.55. The van der Waals surface area contributed by atoms with Gasteiger partial charge in [0.05, 0.1) is 0 Å². The van der Waals surface area contributed by atoms with Crippen LogP contribution in [0.1, 0.15) is 11.9 Å². The highest BCUT2D eigenvalue weighted by Crippen LogP contribution is 2.15. The first kappa shape index (κ1) is 9.57. The van der Waals surface area contributed by atoms with Gasteiger partial charge >= 0.3 is 0 Å². The first-order valence-corrected chi connectivity index (χ1v) is 4.90. The summed E-state index contributed by atoms with van der Waals surface area (Å²) in [4.78, 5) is 0. The molecule has 1 atom stereocenters. The van der Waals surface area contributed by atoms with Crippen LogP contribution in [0.5, 0.6) is 0 Å². The molecule has 2 aromatic heterocycles. The molecule has 0 saturated heterocycles. The molecule has 14 heavy (non-hydrogen) atoms. The number of hydrogen-bond donors (Lipinski definition) is 2. The molecule has 74 valence electrons. The summed E-state index contributed by atoms with van der Waals surface area (Å²) in [6.07, 6.45) is 1.02. The minimum Gasteiger partial charge on any atom is -0.384 e. The summed E-state index contributed by atoms with van der Waals surface area (Å²) in [5, 5.41) is 17.3. The molecule has 1 unspecified atom stereocenters. The molecule has 0 aliphatic rings. The number of nitrogens with two attached hydrogens (primary N) is 1. The molecule has 6 heteroatoms. The monoisotopic (exact) mass is 256 g/mol. The van der Waals surface area contributed by atoms with Crippen LogP contribution < -0.4 is 5.73 Å². The van der Waals surface area contributed by atoms with Crippen LogP contribution in [0.4, 0.5) is 0 Å². The molecule has 2 aromatic rings. The lowest BCUT2D eigenvalue weighted by Crippen LogP contribution is -2.14. The topological polar surface area (TPSA) is 76.4 Å². The molecule has 0 fully saturated rings. The predicted molar refractivity (Wildman–Crippen MR) is 54.7 cm³/mol. The van der Waals surface area contributed by atoms with Crippen molar-refractivity contribution in [2.24, 2.45) is 5.73 Å². The van der Waals surface area contributed by atoms with Gasteiger partial charge in [-0.05, 0) is 28.1 Å². The average Bonchev–Trinajstić information content (AvgIpc) is 2.59. The number of aromatic nitrogens is 3. The smallest absolute Gasteiger partial charge is 0.167 e. The maximum absolute atomic E-state index is 9.54. The molecule has 0 aliphatic carbocycles. The zero-order valence-corrected chi connectivity index (χ0v) is 8.85. The Bertz CT molecular complexity index is 456. The van der Waals surface area contributed by atoms with Crippen LogP contribution in [0.2, 0.25) is 0 Å². The van der Waals surface area contributed by atoms with Crippen molar-refractivity contribution in [1.29, 1.82) is 0 Å². The van der Waals surface area contributed by atoms with Gasteiger partial charge in [0.15, 0.2) is 11.5 Å². The van der Waals surface area contributed by atoms with Crippen LogP contribution in [0.25, 0.3) is 5.65 Å². The molecule has 5 nitrogen and oxygen atoms in total. The van der Waals surface area contributed by atoms with E-state index in [4.69, 9.17) is 5.73 Å². The second kappa shape index (κ2) is 3.64. The van der Waals surface area contributed by atoms with Crippen molar-refractivity contribution in [2.75, 3.05) is 6.54 Å². The minimum atomic E-state index is -0.778. The number of hydrogen-bond acceptors (Lipinski definition) is 4. The van der Waals surface area contributed by atoms with Gasteiger partial charge in [-0.1, -0.05) is 0 Å². The van der Waals surface area contributed by atoms with Gasteiger partial charge in [0.1, 0.15) is 6.10 Å². The average molecular weight is 257 g/mol. The van der Waals surface area contributed by atoms with E-state index in [1.54, 1.807) is 10.6 Å². The van der Waals surface area contributed by atoms with Gasteiger partial charge < -0.3 is 10.8 Å². The Balaban J connectivity index is 2.61. The Morgan fingerprint density at radius 2 is 2.29 bits per heavy atom. The first-order chi connectivity index (χ1) is 6.72. The summed E-state index contributed by atoms with van der Waals surface area (Å²) in [5.41, 5.74) is 6.04. The van der Waals surface area contributed by atoms with E-state index in [-0.39, 0.29) is 6.54 Å². The van der Waals surface area contributed by atoms with Crippen molar-refractivity contribution in [3.05, 3.63) is 28.6 Å². The van der Waals surface area contributed by atoms with Gasteiger partial charge in [0.25, 0.3) is 0 Å². The SMILES string of the molecule is NCC(O)c1nnc2ccc(Br)cn12. The number of nitrogens with zero attached hydrogens (tertiary/aromatic N) is 3. The lowest BCUT2D eigenvalue weighted by atomic mass is 10.3. The van der Waals surface area contributed by atoms with Crippen molar-refractivity contribution in [2.45, 2.75) is 6.10 Å². The van der Waals surface area contributed by atoms with Crippen LogP contribution in [0.3, 0.4) is 0 Å². The Morgan fingerprint density at radius 3 is 3.00 bits per heavy atom. The number of aliphatic hydroxyl groups is 1. The Labute approximate surface area is 88.7 Å². The Morgan fingerprint density at radius 1 is 1.50 bits per heavy atom. The number of fused-ring (bicyclic) bond motifs is 1. The lowest BCUT2D eigenvalue weighted by molar-refractivity contribution is 0.175. The van der Waals surface area contributed by atoms with E-state index in [1.807, 2.05) is 12.1 Å². The number of halogens is 1. The maximum atomic E-state index is 9.54. The van der Waals surface area contributed by atoms with Crippen LogP contribution >= 0.6 is 15.9 Å². The molecular weight excluding hydrogens is 248 g/mol. The molecule has 0 aromatic carbocycles. The number of aliphatic hydroxyl groups excluding tert-OH is 1. The highest BCUT2D eigenvalue weighted by molar-refractivity contribution is 9.10. The van der Waals surface area contributed by atoms with Crippen LogP contribution in [0, 0.1) is 0 Å². The Hall–Kier alpha value is -0.980. The van der Waals surface area contributed by atoms with Gasteiger partial charge in [-0.3, -0.25) is 4.40 Å². The molecule has 0 aliphatic heterocycles. The second-order valence-corrected chi connectivity index (χ2v) is 3.80. The highest BCUT2D eigenvalue weighted by Gasteiger charge is 2.13. The highest BCUT2D eigenvalue weighted by atomic mass is 79.9. The number of rotatable bonds is 2. The van der Waals surface area contributed by atoms with Crippen LogP contribution in [-0.4, -0.2) is 26.2 Å². The van der Waals surface area contributed by atoms with Gasteiger partial charge in [-0.25, -0.2) is 0 Å². The third-order valence-electron chi connectivity index (χ3n) is 1.91. The summed E-state index contributed by atoms with van der Waals surface area (Å²) in [6, 6.07) is 3.67. The van der Waals surface area contributed by atoms with E-state index in [0.29, 0.717) is 11.5 Å². The maximum Gasteiger partial charge on any atom is 0.167 e. The molecule has 0 spiro atoms. The summed E-state index contributed by atoms with van der Waals surface area (Å²) in [6.45, 7) is 0.132. The third kappa shape index (κ3) is 1.52. The largest absolute Gasteiger partial charge is 0.384 e. The van der Waals surface area contributed by atoms with E-state index >= 15 is 0 Å². The molecular formula is C8H9BrN4O. The van der Waals surface area contributed by atoms with Crippen LogP contribution in [0.15, 0.2) is 22.8 Å². The zero-order valence-electron chi connectivity index (χ0n) is 7.26. The van der Waals surface area contributed by atoms with Gasteiger partial charge in [-0.15, -0.1) is 10.2 Å². The summed E-state index contributed by atoms with van der Waals surface area (Å²) in [7, 11) is 0. The third-order valence-corrected chi connectivity index (χ3v) is 2.38. The van der Waals surface area contributed by atoms with Crippen LogP contribution in [-0.2, 0) is 0 Å². The summed E-state index contributed by atoms with van der Waals surface area (Å²) in [5.74, 6) is 0.462. The van der Waals surface area contributed by atoms with E-state index in [9.17, 15) is 5.11 Å².